The van der Waals surface area contributed by atoms with Gasteiger partial charge in [0.15, 0.2) is 5.43 Å². The minimum Gasteiger partial charge on any atom is -0.457 e. The molecule has 166 valence electrons. The Kier molecular flexibility index (Phi) is 5.74. The molecule has 0 saturated heterocycles. The van der Waals surface area contributed by atoms with Crippen LogP contribution in [-0.2, 0) is 4.74 Å². The van der Waals surface area contributed by atoms with Crippen LogP contribution in [0.3, 0.4) is 0 Å². The van der Waals surface area contributed by atoms with Gasteiger partial charge in [-0.1, -0.05) is 46.3 Å². The lowest BCUT2D eigenvalue weighted by Crippen LogP contribution is -2.32. The fourth-order valence-electron chi connectivity index (χ4n) is 4.13. The zero-order valence-corrected chi connectivity index (χ0v) is 19.4. The second-order valence-corrected chi connectivity index (χ2v) is 8.61. The lowest BCUT2D eigenvalue weighted by molar-refractivity contribution is 0.0663. The number of hydrogen-bond acceptors (Lipinski definition) is 5. The maximum Gasteiger partial charge on any atom is 0.290 e. The third kappa shape index (κ3) is 3.94. The molecule has 0 radical (unpaired) electrons. The highest BCUT2D eigenvalue weighted by molar-refractivity contribution is 9.10. The number of fused-ring (bicyclic) bond motifs is 2. The second-order valence-electron chi connectivity index (χ2n) is 7.70. The van der Waals surface area contributed by atoms with Crippen LogP contribution >= 0.6 is 15.9 Å². The second kappa shape index (κ2) is 8.84. The maximum atomic E-state index is 13.6. The number of benzene rings is 3. The number of methoxy groups -OCH3 is 1. The van der Waals surface area contributed by atoms with E-state index in [0.29, 0.717) is 41.2 Å². The number of para-hydroxylation sites is 1. The van der Waals surface area contributed by atoms with Gasteiger partial charge in [-0.2, -0.15) is 0 Å². The molecule has 0 N–H and O–H groups in total. The highest BCUT2D eigenvalue weighted by atomic mass is 79.9. The molecule has 5 rings (SSSR count). The molecule has 0 aliphatic carbocycles. The van der Waals surface area contributed by atoms with E-state index in [2.05, 4.69) is 15.9 Å². The molecule has 1 aliphatic rings. The summed E-state index contributed by atoms with van der Waals surface area (Å²) in [5.74, 6) is 1.05. The van der Waals surface area contributed by atoms with Crippen molar-refractivity contribution >= 4 is 32.8 Å². The summed E-state index contributed by atoms with van der Waals surface area (Å²) in [4.78, 5) is 28.5. The lowest BCUT2D eigenvalue weighted by atomic mass is 9.98. The van der Waals surface area contributed by atoms with Crippen molar-refractivity contribution in [3.8, 4) is 11.5 Å². The molecular formula is C26H20BrNO5. The molecule has 1 atom stereocenters. The molecule has 7 heteroatoms. The fraction of sp³-hybridized carbons (Fsp3) is 0.154. The molecule has 6 nitrogen and oxygen atoms in total. The monoisotopic (exact) mass is 505 g/mol. The van der Waals surface area contributed by atoms with Crippen molar-refractivity contribution in [3.05, 3.63) is 104 Å². The summed E-state index contributed by atoms with van der Waals surface area (Å²) in [5.41, 5.74) is 1.25. The first-order valence-electron chi connectivity index (χ1n) is 10.5. The number of ether oxygens (including phenoxy) is 2. The Labute approximate surface area is 198 Å². The first kappa shape index (κ1) is 21.4. The van der Waals surface area contributed by atoms with Crippen molar-refractivity contribution in [1.29, 1.82) is 0 Å². The van der Waals surface area contributed by atoms with Gasteiger partial charge in [0, 0.05) is 18.1 Å². The van der Waals surface area contributed by atoms with Gasteiger partial charge in [-0.05, 0) is 48.0 Å². The molecule has 1 unspecified atom stereocenters. The molecule has 0 bridgehead atoms. The molecule has 4 aromatic rings. The van der Waals surface area contributed by atoms with Crippen LogP contribution in [0.2, 0.25) is 0 Å². The van der Waals surface area contributed by atoms with Gasteiger partial charge in [0.2, 0.25) is 5.76 Å². The summed E-state index contributed by atoms with van der Waals surface area (Å²) in [5, 5.41) is 0.422. The molecule has 0 spiro atoms. The van der Waals surface area contributed by atoms with Crippen molar-refractivity contribution in [2.45, 2.75) is 6.04 Å². The minimum atomic E-state index is -0.610. The van der Waals surface area contributed by atoms with E-state index in [-0.39, 0.29) is 17.1 Å². The fourth-order valence-corrected chi connectivity index (χ4v) is 4.49. The minimum absolute atomic E-state index is 0.0744. The predicted octanol–water partition coefficient (Wildman–Crippen LogP) is 5.54. The molecule has 1 aromatic heterocycles. The van der Waals surface area contributed by atoms with Crippen molar-refractivity contribution in [3.63, 3.8) is 0 Å². The zero-order chi connectivity index (χ0) is 22.9. The standard InChI is InChI=1S/C26H20BrNO5/c1-31-13-12-28-23(16-6-5-9-19(14-16)32-18-7-3-2-4-8-18)22-24(29)20-15-17(27)10-11-21(20)33-25(22)26(28)30/h2-11,14-15,23H,12-13H2,1H3. The van der Waals surface area contributed by atoms with Gasteiger partial charge in [-0.25, -0.2) is 0 Å². The Balaban J connectivity index is 1.65. The summed E-state index contributed by atoms with van der Waals surface area (Å²) >= 11 is 3.42. The highest BCUT2D eigenvalue weighted by Gasteiger charge is 2.42. The Morgan fingerprint density at radius 1 is 0.970 bits per heavy atom. The van der Waals surface area contributed by atoms with E-state index in [9.17, 15) is 9.59 Å². The van der Waals surface area contributed by atoms with Crippen LogP contribution in [0, 0.1) is 0 Å². The van der Waals surface area contributed by atoms with Crippen LogP contribution in [0.5, 0.6) is 11.5 Å². The molecule has 2 heterocycles. The first-order valence-corrected chi connectivity index (χ1v) is 11.2. The molecule has 0 fully saturated rings. The van der Waals surface area contributed by atoms with Crippen molar-refractivity contribution in [1.82, 2.24) is 4.90 Å². The normalized spacial score (nSPS) is 15.2. The number of hydrogen-bond donors (Lipinski definition) is 0. The van der Waals surface area contributed by atoms with Gasteiger partial charge in [-0.15, -0.1) is 0 Å². The SMILES string of the molecule is COCCN1C(=O)c2oc3ccc(Br)cc3c(=O)c2C1c1cccc(Oc2ccccc2)c1. The molecule has 33 heavy (non-hydrogen) atoms. The summed E-state index contributed by atoms with van der Waals surface area (Å²) < 4.78 is 17.9. The Bertz CT molecular complexity index is 1400. The smallest absolute Gasteiger partial charge is 0.290 e. The van der Waals surface area contributed by atoms with Crippen LogP contribution in [0.15, 0.2) is 86.5 Å². The largest absolute Gasteiger partial charge is 0.457 e. The van der Waals surface area contributed by atoms with Crippen LogP contribution in [0.25, 0.3) is 11.0 Å². The van der Waals surface area contributed by atoms with Crippen LogP contribution < -0.4 is 10.2 Å². The van der Waals surface area contributed by atoms with E-state index in [0.717, 1.165) is 10.0 Å². The Morgan fingerprint density at radius 3 is 2.55 bits per heavy atom. The van der Waals surface area contributed by atoms with Gasteiger partial charge >= 0.3 is 0 Å². The van der Waals surface area contributed by atoms with Crippen LogP contribution in [-0.4, -0.2) is 31.1 Å². The quantitative estimate of drug-likeness (QED) is 0.344. The molecule has 3 aromatic carbocycles. The lowest BCUT2D eigenvalue weighted by Gasteiger charge is -2.25. The molecular weight excluding hydrogens is 486 g/mol. The Morgan fingerprint density at radius 2 is 1.76 bits per heavy atom. The number of nitrogens with zero attached hydrogens (tertiary/aromatic N) is 1. The van der Waals surface area contributed by atoms with Crippen LogP contribution in [0.1, 0.15) is 27.7 Å². The number of amides is 1. The topological polar surface area (TPSA) is 69.0 Å². The van der Waals surface area contributed by atoms with E-state index < -0.39 is 6.04 Å². The molecule has 1 amide bonds. The summed E-state index contributed by atoms with van der Waals surface area (Å²) in [7, 11) is 1.58. The summed E-state index contributed by atoms with van der Waals surface area (Å²) in [6, 6.07) is 21.4. The molecule has 0 saturated carbocycles. The van der Waals surface area contributed by atoms with Crippen molar-refractivity contribution < 1.29 is 18.7 Å². The van der Waals surface area contributed by atoms with E-state index >= 15 is 0 Å². The van der Waals surface area contributed by atoms with E-state index in [1.807, 2.05) is 54.6 Å². The average Bonchev–Trinajstić information content (AvgIpc) is 3.11. The Hall–Kier alpha value is -3.42. The number of halogens is 1. The summed E-state index contributed by atoms with van der Waals surface area (Å²) in [6.45, 7) is 0.642. The molecule has 1 aliphatic heterocycles. The van der Waals surface area contributed by atoms with Gasteiger partial charge in [0.25, 0.3) is 5.91 Å². The third-order valence-electron chi connectivity index (χ3n) is 5.62. The van der Waals surface area contributed by atoms with Gasteiger partial charge in [0.1, 0.15) is 17.1 Å². The number of carbonyl (C=O) groups is 1. The highest BCUT2D eigenvalue weighted by Crippen LogP contribution is 2.39. The summed E-state index contributed by atoms with van der Waals surface area (Å²) in [6.07, 6.45) is 0. The first-order chi connectivity index (χ1) is 16.1. The van der Waals surface area contributed by atoms with Gasteiger partial charge in [0.05, 0.1) is 23.6 Å². The van der Waals surface area contributed by atoms with E-state index in [1.54, 1.807) is 30.2 Å². The van der Waals surface area contributed by atoms with Gasteiger partial charge < -0.3 is 18.8 Å². The number of rotatable bonds is 6. The van der Waals surface area contributed by atoms with E-state index in [1.165, 1.54) is 0 Å². The third-order valence-corrected chi connectivity index (χ3v) is 6.11. The van der Waals surface area contributed by atoms with Crippen LogP contribution in [0.4, 0.5) is 0 Å². The van der Waals surface area contributed by atoms with Crippen molar-refractivity contribution in [2.75, 3.05) is 20.3 Å². The predicted molar refractivity (Wildman–Crippen MR) is 128 cm³/mol. The van der Waals surface area contributed by atoms with E-state index in [4.69, 9.17) is 13.9 Å². The maximum absolute atomic E-state index is 13.6. The number of carbonyl (C=O) groups excluding carboxylic acids is 1. The van der Waals surface area contributed by atoms with Gasteiger partial charge in [-0.3, -0.25) is 9.59 Å². The zero-order valence-electron chi connectivity index (χ0n) is 17.8. The average molecular weight is 506 g/mol. The van der Waals surface area contributed by atoms with Crippen molar-refractivity contribution in [2.24, 2.45) is 0 Å².